The average molecular weight is 279 g/mol. The molecule has 2 nitrogen and oxygen atoms in total. The van der Waals surface area contributed by atoms with E-state index in [9.17, 15) is 5.11 Å². The summed E-state index contributed by atoms with van der Waals surface area (Å²) in [7, 11) is 0. The zero-order chi connectivity index (χ0) is 13.2. The van der Waals surface area contributed by atoms with E-state index in [1.54, 1.807) is 0 Å². The highest BCUT2D eigenvalue weighted by atomic mass is 35.5. The first-order chi connectivity index (χ1) is 9.22. The van der Waals surface area contributed by atoms with Gasteiger partial charge in [-0.1, -0.05) is 43.7 Å². The summed E-state index contributed by atoms with van der Waals surface area (Å²) in [5, 5.41) is 12.0. The highest BCUT2D eigenvalue weighted by Gasteiger charge is 2.21. The number of aliphatic hydroxyl groups is 1. The van der Waals surface area contributed by atoms with Gasteiger partial charge in [-0.15, -0.1) is 0 Å². The van der Waals surface area contributed by atoms with Crippen molar-refractivity contribution in [3.05, 3.63) is 35.0 Å². The lowest BCUT2D eigenvalue weighted by Gasteiger charge is -2.23. The van der Waals surface area contributed by atoms with Gasteiger partial charge in [0.05, 0.1) is 0 Å². The van der Waals surface area contributed by atoms with E-state index in [1.165, 1.54) is 32.1 Å². The van der Waals surface area contributed by atoms with Crippen LogP contribution in [0.5, 0.6) is 0 Å². The van der Waals surface area contributed by atoms with Crippen molar-refractivity contribution >= 4 is 22.6 Å². The molecule has 102 valence electrons. The molecule has 0 bridgehead atoms. The fourth-order valence-corrected chi connectivity index (χ4v) is 3.23. The first-order valence-electron chi connectivity index (χ1n) is 7.09. The van der Waals surface area contributed by atoms with E-state index in [0.29, 0.717) is 16.7 Å². The second-order valence-electron chi connectivity index (χ2n) is 5.59. The SMILES string of the molecule is OC(CC1CCCCC1)c1cc2cc(Cl)ccc2o1. The van der Waals surface area contributed by atoms with Gasteiger partial charge in [0.1, 0.15) is 17.4 Å². The van der Waals surface area contributed by atoms with Gasteiger partial charge < -0.3 is 9.52 Å². The van der Waals surface area contributed by atoms with Gasteiger partial charge >= 0.3 is 0 Å². The number of halogens is 1. The third-order valence-electron chi connectivity index (χ3n) is 4.11. The molecule has 0 amide bonds. The van der Waals surface area contributed by atoms with Crippen LogP contribution in [0, 0.1) is 5.92 Å². The average Bonchev–Trinajstić information content (AvgIpc) is 2.83. The zero-order valence-electron chi connectivity index (χ0n) is 10.9. The molecule has 0 radical (unpaired) electrons. The van der Waals surface area contributed by atoms with Crippen LogP contribution in [0.3, 0.4) is 0 Å². The number of furan rings is 1. The van der Waals surface area contributed by atoms with Crippen molar-refractivity contribution in [1.82, 2.24) is 0 Å². The minimum absolute atomic E-state index is 0.491. The quantitative estimate of drug-likeness (QED) is 0.848. The van der Waals surface area contributed by atoms with Gasteiger partial charge in [0.15, 0.2) is 0 Å². The molecule has 0 spiro atoms. The van der Waals surface area contributed by atoms with Crippen LogP contribution in [-0.4, -0.2) is 5.11 Å². The normalized spacial score (nSPS) is 18.8. The summed E-state index contributed by atoms with van der Waals surface area (Å²) in [6, 6.07) is 7.45. The fourth-order valence-electron chi connectivity index (χ4n) is 3.05. The maximum atomic E-state index is 10.3. The smallest absolute Gasteiger partial charge is 0.134 e. The van der Waals surface area contributed by atoms with Crippen LogP contribution in [0.4, 0.5) is 0 Å². The Balaban J connectivity index is 1.75. The maximum Gasteiger partial charge on any atom is 0.134 e. The standard InChI is InChI=1S/C16H19ClO2/c17-13-6-7-15-12(9-13)10-16(19-15)14(18)8-11-4-2-1-3-5-11/h6-7,9-11,14,18H,1-5,8H2. The van der Waals surface area contributed by atoms with E-state index in [2.05, 4.69) is 0 Å². The molecule has 0 saturated heterocycles. The van der Waals surface area contributed by atoms with Gasteiger partial charge in [0, 0.05) is 10.4 Å². The van der Waals surface area contributed by atoms with Crippen molar-refractivity contribution in [2.45, 2.75) is 44.6 Å². The van der Waals surface area contributed by atoms with E-state index in [-0.39, 0.29) is 0 Å². The third-order valence-corrected chi connectivity index (χ3v) is 4.34. The molecular formula is C16H19ClO2. The van der Waals surface area contributed by atoms with E-state index in [1.807, 2.05) is 24.3 Å². The molecule has 1 aromatic carbocycles. The van der Waals surface area contributed by atoms with Crippen LogP contribution in [0.15, 0.2) is 28.7 Å². The Morgan fingerprint density at radius 1 is 1.21 bits per heavy atom. The van der Waals surface area contributed by atoms with Gasteiger partial charge in [-0.25, -0.2) is 0 Å². The highest BCUT2D eigenvalue weighted by Crippen LogP contribution is 2.34. The summed E-state index contributed by atoms with van der Waals surface area (Å²) >= 11 is 5.96. The molecule has 0 aliphatic heterocycles. The molecule has 1 aliphatic carbocycles. The molecule has 1 aromatic heterocycles. The number of rotatable bonds is 3. The second kappa shape index (κ2) is 5.56. The Morgan fingerprint density at radius 2 is 2.00 bits per heavy atom. The fraction of sp³-hybridized carbons (Fsp3) is 0.500. The molecule has 1 aliphatic rings. The molecule has 1 fully saturated rings. The topological polar surface area (TPSA) is 33.4 Å². The molecule has 1 unspecified atom stereocenters. The van der Waals surface area contributed by atoms with Gasteiger partial charge in [0.25, 0.3) is 0 Å². The number of benzene rings is 1. The highest BCUT2D eigenvalue weighted by molar-refractivity contribution is 6.31. The predicted molar refractivity (Wildman–Crippen MR) is 77.4 cm³/mol. The van der Waals surface area contributed by atoms with Crippen LogP contribution in [-0.2, 0) is 0 Å². The summed E-state index contributed by atoms with van der Waals surface area (Å²) < 4.78 is 5.72. The molecule has 19 heavy (non-hydrogen) atoms. The largest absolute Gasteiger partial charge is 0.458 e. The first-order valence-corrected chi connectivity index (χ1v) is 7.47. The summed E-state index contributed by atoms with van der Waals surface area (Å²) in [5.74, 6) is 1.31. The van der Waals surface area contributed by atoms with Crippen molar-refractivity contribution in [3.8, 4) is 0 Å². The van der Waals surface area contributed by atoms with E-state index in [4.69, 9.17) is 16.0 Å². The molecule has 1 heterocycles. The number of fused-ring (bicyclic) bond motifs is 1. The van der Waals surface area contributed by atoms with E-state index < -0.39 is 6.10 Å². The van der Waals surface area contributed by atoms with Crippen molar-refractivity contribution < 1.29 is 9.52 Å². The monoisotopic (exact) mass is 278 g/mol. The Hall–Kier alpha value is -0.990. The van der Waals surface area contributed by atoms with Crippen molar-refractivity contribution in [3.63, 3.8) is 0 Å². The van der Waals surface area contributed by atoms with E-state index >= 15 is 0 Å². The Kier molecular flexibility index (Phi) is 3.81. The van der Waals surface area contributed by atoms with Crippen LogP contribution in [0.1, 0.15) is 50.4 Å². The van der Waals surface area contributed by atoms with Gasteiger partial charge in [-0.05, 0) is 36.6 Å². The molecule has 3 heteroatoms. The van der Waals surface area contributed by atoms with Gasteiger partial charge in [-0.2, -0.15) is 0 Å². The molecule has 1 atom stereocenters. The molecular weight excluding hydrogens is 260 g/mol. The third kappa shape index (κ3) is 2.96. The summed E-state index contributed by atoms with van der Waals surface area (Å²) in [5.41, 5.74) is 0.794. The minimum atomic E-state index is -0.491. The zero-order valence-corrected chi connectivity index (χ0v) is 11.7. The number of hydrogen-bond donors (Lipinski definition) is 1. The van der Waals surface area contributed by atoms with Crippen LogP contribution in [0.2, 0.25) is 5.02 Å². The minimum Gasteiger partial charge on any atom is -0.458 e. The molecule has 1 N–H and O–H groups in total. The summed E-state index contributed by atoms with van der Waals surface area (Å²) in [6.07, 6.45) is 6.74. The lowest BCUT2D eigenvalue weighted by Crippen LogP contribution is -2.10. The van der Waals surface area contributed by atoms with Crippen molar-refractivity contribution in [2.24, 2.45) is 5.92 Å². The Morgan fingerprint density at radius 3 is 2.79 bits per heavy atom. The molecule has 3 rings (SSSR count). The van der Waals surface area contributed by atoms with Crippen molar-refractivity contribution in [1.29, 1.82) is 0 Å². The first kappa shape index (κ1) is 13.0. The van der Waals surface area contributed by atoms with Gasteiger partial charge in [0.2, 0.25) is 0 Å². The Labute approximate surface area is 118 Å². The second-order valence-corrected chi connectivity index (χ2v) is 6.02. The van der Waals surface area contributed by atoms with Crippen molar-refractivity contribution in [2.75, 3.05) is 0 Å². The molecule has 1 saturated carbocycles. The van der Waals surface area contributed by atoms with Gasteiger partial charge in [-0.3, -0.25) is 0 Å². The number of aliphatic hydroxyl groups excluding tert-OH is 1. The molecule has 2 aromatic rings. The summed E-state index contributed by atoms with van der Waals surface area (Å²) in [6.45, 7) is 0. The predicted octanol–water partition coefficient (Wildman–Crippen LogP) is 5.09. The number of hydrogen-bond acceptors (Lipinski definition) is 2. The maximum absolute atomic E-state index is 10.3. The van der Waals surface area contributed by atoms with Crippen LogP contribution < -0.4 is 0 Å². The Bertz CT molecular complexity index is 555. The lowest BCUT2D eigenvalue weighted by atomic mass is 9.85. The lowest BCUT2D eigenvalue weighted by molar-refractivity contribution is 0.111. The summed E-state index contributed by atoms with van der Waals surface area (Å²) in [4.78, 5) is 0. The van der Waals surface area contributed by atoms with Crippen LogP contribution in [0.25, 0.3) is 11.0 Å². The van der Waals surface area contributed by atoms with Crippen LogP contribution >= 0.6 is 11.6 Å². The van der Waals surface area contributed by atoms with E-state index in [0.717, 1.165) is 17.4 Å².